The van der Waals surface area contributed by atoms with Crippen LogP contribution in [0.3, 0.4) is 0 Å². The van der Waals surface area contributed by atoms with E-state index in [0.717, 1.165) is 5.56 Å². The molecule has 0 heterocycles. The van der Waals surface area contributed by atoms with E-state index >= 15 is 0 Å². The maximum atomic E-state index is 3.75. The lowest BCUT2D eigenvalue weighted by Crippen LogP contribution is -1.83. The van der Waals surface area contributed by atoms with Gasteiger partial charge in [0.15, 0.2) is 0 Å². The zero-order valence-electron chi connectivity index (χ0n) is 11.5. The van der Waals surface area contributed by atoms with Crippen molar-refractivity contribution in [1.82, 2.24) is 0 Å². The minimum absolute atomic E-state index is 1.15. The van der Waals surface area contributed by atoms with Crippen molar-refractivity contribution in [2.24, 2.45) is 0 Å². The summed E-state index contributed by atoms with van der Waals surface area (Å²) in [6.45, 7) is 13.2. The first-order valence-corrected chi connectivity index (χ1v) is 6.25. The first-order valence-electron chi connectivity index (χ1n) is 6.25. The van der Waals surface area contributed by atoms with Gasteiger partial charge in [-0.25, -0.2) is 0 Å². The smallest absolute Gasteiger partial charge is 0.0161 e. The molecule has 0 unspecified atom stereocenters. The van der Waals surface area contributed by atoms with Crippen LogP contribution in [0, 0.1) is 6.92 Å². The number of aryl methyl sites for hydroxylation is 1. The Hall–Kier alpha value is -2.34. The molecule has 0 saturated heterocycles. The Kier molecular flexibility index (Phi) is 6.11. The average molecular weight is 248 g/mol. The van der Waals surface area contributed by atoms with Crippen LogP contribution >= 0.6 is 0 Å². The molecule has 0 aliphatic rings. The van der Waals surface area contributed by atoms with Crippen molar-refractivity contribution in [2.75, 3.05) is 0 Å². The van der Waals surface area contributed by atoms with Crippen molar-refractivity contribution in [2.45, 2.75) is 6.92 Å². The molecule has 0 heteroatoms. The average Bonchev–Trinajstić information content (AvgIpc) is 2.48. The lowest BCUT2D eigenvalue weighted by atomic mass is 10.0. The number of hydrogen-bond donors (Lipinski definition) is 0. The first kappa shape index (κ1) is 14.7. The summed E-state index contributed by atoms with van der Waals surface area (Å²) in [5.41, 5.74) is 4.76. The van der Waals surface area contributed by atoms with Crippen LogP contribution in [0.15, 0.2) is 68.3 Å². The second kappa shape index (κ2) is 7.88. The highest BCUT2D eigenvalue weighted by Gasteiger charge is 1.96. The molecule has 0 spiro atoms. The number of benzene rings is 2. The van der Waals surface area contributed by atoms with Crippen molar-refractivity contribution in [1.29, 1.82) is 0 Å². The summed E-state index contributed by atoms with van der Waals surface area (Å²) in [6.07, 6.45) is 5.55. The third kappa shape index (κ3) is 4.44. The molecule has 2 aromatic rings. The van der Waals surface area contributed by atoms with Gasteiger partial charge in [0.05, 0.1) is 0 Å². The van der Waals surface area contributed by atoms with Crippen LogP contribution in [0.25, 0.3) is 18.2 Å². The van der Waals surface area contributed by atoms with E-state index in [9.17, 15) is 0 Å². The third-order valence-electron chi connectivity index (χ3n) is 2.82. The van der Waals surface area contributed by atoms with Gasteiger partial charge in [0.2, 0.25) is 0 Å². The van der Waals surface area contributed by atoms with Gasteiger partial charge in [-0.05, 0) is 29.2 Å². The molecule has 96 valence electrons. The quantitative estimate of drug-likeness (QED) is 0.662. The maximum Gasteiger partial charge on any atom is -0.0161 e. The molecule has 0 bridgehead atoms. The largest absolute Gasteiger partial charge is 0.0985 e. The highest BCUT2D eigenvalue weighted by atomic mass is 14.0. The van der Waals surface area contributed by atoms with E-state index < -0.39 is 0 Å². The third-order valence-corrected chi connectivity index (χ3v) is 2.82. The molecule has 0 aliphatic carbocycles. The molecule has 0 N–H and O–H groups in total. The van der Waals surface area contributed by atoms with Gasteiger partial charge in [0, 0.05) is 0 Å². The summed E-state index contributed by atoms with van der Waals surface area (Å²) >= 11 is 0. The SMILES string of the molecule is C=Cc1cccc(C)c1C=C.C=Cc1ccccc1. The molecule has 0 radical (unpaired) electrons. The zero-order valence-corrected chi connectivity index (χ0v) is 11.5. The Morgan fingerprint density at radius 1 is 0.737 bits per heavy atom. The van der Waals surface area contributed by atoms with Crippen LogP contribution in [0.4, 0.5) is 0 Å². The normalized spacial score (nSPS) is 8.89. The topological polar surface area (TPSA) is 0 Å². The molecule has 0 amide bonds. The molecule has 0 nitrogen and oxygen atoms in total. The summed E-state index contributed by atoms with van der Waals surface area (Å²) in [4.78, 5) is 0. The monoisotopic (exact) mass is 248 g/mol. The Morgan fingerprint density at radius 3 is 1.84 bits per heavy atom. The molecule has 2 rings (SSSR count). The highest BCUT2D eigenvalue weighted by molar-refractivity contribution is 5.65. The summed E-state index contributed by atoms with van der Waals surface area (Å²) in [5, 5.41) is 0. The molecule has 19 heavy (non-hydrogen) atoms. The van der Waals surface area contributed by atoms with Crippen LogP contribution < -0.4 is 0 Å². The molecule has 0 saturated carbocycles. The standard InChI is InChI=1S/C11H12.C8H8/c1-4-10-8-6-7-9(3)11(10)5-2;1-2-8-6-4-3-5-7-8/h4-8H,1-2H2,3H3;2-7H,1H2. The van der Waals surface area contributed by atoms with Crippen molar-refractivity contribution < 1.29 is 0 Å². The lowest BCUT2D eigenvalue weighted by molar-refractivity contribution is 1.43. The highest BCUT2D eigenvalue weighted by Crippen LogP contribution is 2.15. The van der Waals surface area contributed by atoms with Crippen molar-refractivity contribution in [3.05, 3.63) is 90.5 Å². The second-order valence-corrected chi connectivity index (χ2v) is 4.10. The second-order valence-electron chi connectivity index (χ2n) is 4.10. The van der Waals surface area contributed by atoms with Crippen molar-refractivity contribution in [3.8, 4) is 0 Å². The molecule has 0 aromatic heterocycles. The van der Waals surface area contributed by atoms with Crippen LogP contribution in [-0.2, 0) is 0 Å². The van der Waals surface area contributed by atoms with E-state index in [2.05, 4.69) is 32.7 Å². The van der Waals surface area contributed by atoms with Crippen LogP contribution in [-0.4, -0.2) is 0 Å². The van der Waals surface area contributed by atoms with Gasteiger partial charge >= 0.3 is 0 Å². The Labute approximate surface area is 116 Å². The van der Waals surface area contributed by atoms with Crippen molar-refractivity contribution in [3.63, 3.8) is 0 Å². The summed E-state index contributed by atoms with van der Waals surface area (Å²) in [6, 6.07) is 16.2. The Morgan fingerprint density at radius 2 is 1.42 bits per heavy atom. The van der Waals surface area contributed by atoms with Crippen LogP contribution in [0.5, 0.6) is 0 Å². The number of hydrogen-bond acceptors (Lipinski definition) is 0. The van der Waals surface area contributed by atoms with Gasteiger partial charge in [-0.15, -0.1) is 0 Å². The molecule has 0 fully saturated rings. The fourth-order valence-electron chi connectivity index (χ4n) is 1.75. The fraction of sp³-hybridized carbons (Fsp3) is 0.0526. The minimum atomic E-state index is 1.15. The Balaban J connectivity index is 0.000000200. The van der Waals surface area contributed by atoms with Crippen molar-refractivity contribution >= 4 is 18.2 Å². The predicted molar refractivity (Wildman–Crippen MR) is 87.9 cm³/mol. The molecular formula is C19H20. The van der Waals surface area contributed by atoms with E-state index in [0.29, 0.717) is 0 Å². The fourth-order valence-corrected chi connectivity index (χ4v) is 1.75. The van der Waals surface area contributed by atoms with Crippen LogP contribution in [0.2, 0.25) is 0 Å². The zero-order chi connectivity index (χ0) is 14.1. The first-order chi connectivity index (χ1) is 9.22. The maximum absolute atomic E-state index is 3.75. The van der Waals surface area contributed by atoms with Crippen LogP contribution in [0.1, 0.15) is 22.3 Å². The molecule has 0 atom stereocenters. The minimum Gasteiger partial charge on any atom is -0.0985 e. The summed E-state index contributed by atoms with van der Waals surface area (Å²) < 4.78 is 0. The number of rotatable bonds is 3. The molecule has 0 aliphatic heterocycles. The van der Waals surface area contributed by atoms with Gasteiger partial charge in [0.1, 0.15) is 0 Å². The van der Waals surface area contributed by atoms with E-state index in [1.807, 2.05) is 60.7 Å². The van der Waals surface area contributed by atoms with Gasteiger partial charge in [-0.2, -0.15) is 0 Å². The Bertz CT molecular complexity index is 548. The van der Waals surface area contributed by atoms with E-state index in [4.69, 9.17) is 0 Å². The molecule has 2 aromatic carbocycles. The van der Waals surface area contributed by atoms with E-state index in [1.165, 1.54) is 16.7 Å². The van der Waals surface area contributed by atoms with Gasteiger partial charge in [-0.3, -0.25) is 0 Å². The van der Waals surface area contributed by atoms with Gasteiger partial charge in [-0.1, -0.05) is 86.5 Å². The van der Waals surface area contributed by atoms with E-state index in [-0.39, 0.29) is 0 Å². The van der Waals surface area contributed by atoms with E-state index in [1.54, 1.807) is 0 Å². The van der Waals surface area contributed by atoms with Gasteiger partial charge < -0.3 is 0 Å². The predicted octanol–water partition coefficient (Wildman–Crippen LogP) is 5.61. The van der Waals surface area contributed by atoms with Gasteiger partial charge in [0.25, 0.3) is 0 Å². The molecular weight excluding hydrogens is 228 g/mol. The summed E-state index contributed by atoms with van der Waals surface area (Å²) in [5.74, 6) is 0. The lowest BCUT2D eigenvalue weighted by Gasteiger charge is -2.03. The summed E-state index contributed by atoms with van der Waals surface area (Å²) in [7, 11) is 0.